The van der Waals surface area contributed by atoms with Gasteiger partial charge in [-0.25, -0.2) is 9.59 Å². The van der Waals surface area contributed by atoms with Crippen LogP contribution in [0.5, 0.6) is 0 Å². The van der Waals surface area contributed by atoms with Crippen molar-refractivity contribution in [2.45, 2.75) is 6.92 Å². The molecule has 9 heteroatoms. The van der Waals surface area contributed by atoms with Gasteiger partial charge in [0.15, 0.2) is 0 Å². The number of amides is 1. The van der Waals surface area contributed by atoms with Gasteiger partial charge >= 0.3 is 11.9 Å². The van der Waals surface area contributed by atoms with Crippen LogP contribution in [0.1, 0.15) is 17.3 Å². The third-order valence-corrected chi connectivity index (χ3v) is 4.02. The number of benzene rings is 1. The van der Waals surface area contributed by atoms with Gasteiger partial charge in [-0.3, -0.25) is 4.79 Å². The van der Waals surface area contributed by atoms with Crippen LogP contribution >= 0.6 is 0 Å². The highest BCUT2D eigenvalue weighted by atomic mass is 16.5. The van der Waals surface area contributed by atoms with Crippen LogP contribution in [0.2, 0.25) is 0 Å². The summed E-state index contributed by atoms with van der Waals surface area (Å²) in [7, 11) is 2.51. The summed E-state index contributed by atoms with van der Waals surface area (Å²) in [6, 6.07) is 4.81. The van der Waals surface area contributed by atoms with Crippen LogP contribution in [0.15, 0.2) is 29.5 Å². The number of nitrogens with one attached hydrogen (secondary N) is 2. The maximum atomic E-state index is 12.6. The first-order valence-corrected chi connectivity index (χ1v) is 8.41. The van der Waals surface area contributed by atoms with Crippen LogP contribution in [-0.4, -0.2) is 68.3 Å². The van der Waals surface area contributed by atoms with E-state index in [1.807, 2.05) is 6.92 Å². The Labute approximate surface area is 156 Å². The number of hydrogen-bond donors (Lipinski definition) is 3. The third kappa shape index (κ3) is 4.37. The summed E-state index contributed by atoms with van der Waals surface area (Å²) in [5, 5.41) is 15.2. The molecule has 1 aromatic rings. The van der Waals surface area contributed by atoms with Crippen LogP contribution in [0.3, 0.4) is 0 Å². The summed E-state index contributed by atoms with van der Waals surface area (Å²) in [6.07, 6.45) is 0. The molecule has 1 amide bonds. The van der Waals surface area contributed by atoms with Crippen molar-refractivity contribution in [3.8, 4) is 0 Å². The average Bonchev–Trinajstić information content (AvgIpc) is 2.98. The SMILES string of the molecule is CCNc1ccc(C(=O)OC)cc1NC1=C(C(=O)OC)CN(CCO)C1=O. The zero-order valence-corrected chi connectivity index (χ0v) is 15.5. The topological polar surface area (TPSA) is 117 Å². The van der Waals surface area contributed by atoms with Crippen molar-refractivity contribution in [2.75, 3.05) is 51.1 Å². The lowest BCUT2D eigenvalue weighted by Gasteiger charge is -2.17. The lowest BCUT2D eigenvalue weighted by atomic mass is 10.1. The number of hydrogen-bond acceptors (Lipinski definition) is 8. The maximum absolute atomic E-state index is 12.6. The Morgan fingerprint density at radius 1 is 1.19 bits per heavy atom. The lowest BCUT2D eigenvalue weighted by Crippen LogP contribution is -2.31. The predicted molar refractivity (Wildman–Crippen MR) is 98.3 cm³/mol. The molecule has 0 aliphatic carbocycles. The molecule has 0 fully saturated rings. The number of nitrogens with zero attached hydrogens (tertiary/aromatic N) is 1. The van der Waals surface area contributed by atoms with Crippen molar-refractivity contribution in [3.63, 3.8) is 0 Å². The molecule has 0 saturated heterocycles. The Hall–Kier alpha value is -3.07. The van der Waals surface area contributed by atoms with Gasteiger partial charge in [0.2, 0.25) is 0 Å². The van der Waals surface area contributed by atoms with Crippen LogP contribution in [-0.2, 0) is 19.1 Å². The number of rotatable bonds is 8. The average molecular weight is 377 g/mol. The second-order valence-electron chi connectivity index (χ2n) is 5.70. The van der Waals surface area contributed by atoms with Crippen LogP contribution in [0, 0.1) is 0 Å². The molecule has 0 unspecified atom stereocenters. The molecule has 0 saturated carbocycles. The van der Waals surface area contributed by atoms with Crippen molar-refractivity contribution in [1.29, 1.82) is 0 Å². The summed E-state index contributed by atoms with van der Waals surface area (Å²) in [5.41, 5.74) is 1.59. The number of methoxy groups -OCH3 is 2. The molecule has 0 aromatic heterocycles. The molecule has 0 radical (unpaired) electrons. The van der Waals surface area contributed by atoms with E-state index in [4.69, 9.17) is 14.6 Å². The highest BCUT2D eigenvalue weighted by Gasteiger charge is 2.34. The molecule has 1 aliphatic heterocycles. The van der Waals surface area contributed by atoms with E-state index in [0.717, 1.165) is 0 Å². The van der Waals surface area contributed by atoms with Gasteiger partial charge in [-0.05, 0) is 25.1 Å². The second-order valence-corrected chi connectivity index (χ2v) is 5.70. The van der Waals surface area contributed by atoms with Gasteiger partial charge in [-0.1, -0.05) is 0 Å². The van der Waals surface area contributed by atoms with Gasteiger partial charge in [0.25, 0.3) is 5.91 Å². The fourth-order valence-corrected chi connectivity index (χ4v) is 2.72. The monoisotopic (exact) mass is 377 g/mol. The first kappa shape index (κ1) is 20.2. The second kappa shape index (κ2) is 9.04. The van der Waals surface area contributed by atoms with Crippen LogP contribution in [0.25, 0.3) is 0 Å². The molecule has 27 heavy (non-hydrogen) atoms. The standard InChI is InChI=1S/C18H23N3O6/c1-4-19-13-6-5-11(17(24)26-2)9-14(13)20-15-12(18(25)27-3)10-21(7-8-22)16(15)23/h5-6,9,19-20,22H,4,7-8,10H2,1-3H3. The smallest absolute Gasteiger partial charge is 0.337 e. The molecule has 9 nitrogen and oxygen atoms in total. The largest absolute Gasteiger partial charge is 0.466 e. The maximum Gasteiger partial charge on any atom is 0.337 e. The number of aliphatic hydroxyl groups is 1. The Morgan fingerprint density at radius 3 is 2.48 bits per heavy atom. The van der Waals surface area contributed by atoms with E-state index in [1.165, 1.54) is 25.2 Å². The van der Waals surface area contributed by atoms with Gasteiger partial charge in [0.1, 0.15) is 5.70 Å². The number of carbonyl (C=O) groups excluding carboxylic acids is 3. The first-order valence-electron chi connectivity index (χ1n) is 8.41. The molecule has 1 aromatic carbocycles. The van der Waals surface area contributed by atoms with Gasteiger partial charge in [0.05, 0.1) is 49.9 Å². The first-order chi connectivity index (χ1) is 13.0. The van der Waals surface area contributed by atoms with Crippen molar-refractivity contribution in [3.05, 3.63) is 35.0 Å². The fourth-order valence-electron chi connectivity index (χ4n) is 2.72. The fraction of sp³-hybridized carbons (Fsp3) is 0.389. The number of anilines is 2. The summed E-state index contributed by atoms with van der Waals surface area (Å²) in [5.74, 6) is -1.60. The minimum atomic E-state index is -0.639. The Kier molecular flexibility index (Phi) is 6.78. The third-order valence-electron chi connectivity index (χ3n) is 4.02. The van der Waals surface area contributed by atoms with Gasteiger partial charge in [0, 0.05) is 13.1 Å². The van der Waals surface area contributed by atoms with Crippen LogP contribution in [0.4, 0.5) is 11.4 Å². The zero-order chi connectivity index (χ0) is 20.0. The minimum absolute atomic E-state index is 0.0294. The molecule has 0 bridgehead atoms. The predicted octanol–water partition coefficient (Wildman–Crippen LogP) is 0.579. The van der Waals surface area contributed by atoms with Crippen molar-refractivity contribution >= 4 is 29.2 Å². The van der Waals surface area contributed by atoms with E-state index in [9.17, 15) is 14.4 Å². The molecule has 0 spiro atoms. The van der Waals surface area contributed by atoms with E-state index in [-0.39, 0.29) is 31.0 Å². The molecular formula is C18H23N3O6. The summed E-state index contributed by atoms with van der Waals surface area (Å²) >= 11 is 0. The summed E-state index contributed by atoms with van der Waals surface area (Å²) < 4.78 is 9.50. The van der Waals surface area contributed by atoms with Gasteiger partial charge in [-0.15, -0.1) is 0 Å². The Balaban J connectivity index is 2.45. The quantitative estimate of drug-likeness (QED) is 0.563. The molecule has 3 N–H and O–H groups in total. The summed E-state index contributed by atoms with van der Waals surface area (Å²) in [4.78, 5) is 37.9. The molecule has 0 atom stereocenters. The molecule has 2 rings (SSSR count). The van der Waals surface area contributed by atoms with Gasteiger partial charge < -0.3 is 30.1 Å². The van der Waals surface area contributed by atoms with E-state index in [2.05, 4.69) is 10.6 Å². The normalized spacial score (nSPS) is 13.6. The number of aliphatic hydroxyl groups excluding tert-OH is 1. The molecule has 1 aliphatic rings. The molecule has 1 heterocycles. The van der Waals surface area contributed by atoms with Gasteiger partial charge in [-0.2, -0.15) is 0 Å². The minimum Gasteiger partial charge on any atom is -0.466 e. The van der Waals surface area contributed by atoms with Crippen molar-refractivity contribution < 1.29 is 29.0 Å². The van der Waals surface area contributed by atoms with E-state index in [1.54, 1.807) is 12.1 Å². The zero-order valence-electron chi connectivity index (χ0n) is 15.5. The van der Waals surface area contributed by atoms with E-state index in [0.29, 0.717) is 23.5 Å². The highest BCUT2D eigenvalue weighted by Crippen LogP contribution is 2.29. The highest BCUT2D eigenvalue weighted by molar-refractivity contribution is 6.09. The number of carbonyl (C=O) groups is 3. The number of esters is 2. The Morgan fingerprint density at radius 2 is 1.89 bits per heavy atom. The van der Waals surface area contributed by atoms with E-state index < -0.39 is 17.8 Å². The van der Waals surface area contributed by atoms with Crippen molar-refractivity contribution in [2.24, 2.45) is 0 Å². The summed E-state index contributed by atoms with van der Waals surface area (Å²) in [6.45, 7) is 2.41. The number of β-amino-alcohol motifs (C(OH)–C–C–N with tert-alkyl or cyclic N) is 1. The molecule has 146 valence electrons. The Bertz CT molecular complexity index is 774. The number of ether oxygens (including phenoxy) is 2. The molecular weight excluding hydrogens is 354 g/mol. The van der Waals surface area contributed by atoms with Crippen LogP contribution < -0.4 is 10.6 Å². The van der Waals surface area contributed by atoms with E-state index >= 15 is 0 Å². The van der Waals surface area contributed by atoms with Crippen molar-refractivity contribution in [1.82, 2.24) is 4.90 Å². The lowest BCUT2D eigenvalue weighted by molar-refractivity contribution is -0.136.